The number of phenolic OH excluding ortho intramolecular Hbond substituents is 1. The molecule has 0 saturated carbocycles. The Balaban J connectivity index is 1.74. The number of allylic oxidation sites excluding steroid dienone is 1. The highest BCUT2D eigenvalue weighted by atomic mass is 16.5. The predicted molar refractivity (Wildman–Crippen MR) is 198 cm³/mol. The van der Waals surface area contributed by atoms with Crippen LogP contribution in [0.2, 0.25) is 0 Å². The lowest BCUT2D eigenvalue weighted by Crippen LogP contribution is -2.15. The maximum absolute atomic E-state index is 14.3. The Hall–Kier alpha value is -5.00. The molecule has 0 saturated heterocycles. The Bertz CT molecular complexity index is 2330. The first-order valence-electron chi connectivity index (χ1n) is 17.5. The largest absolute Gasteiger partial charge is 0.504 e. The van der Waals surface area contributed by atoms with Crippen LogP contribution in [0.4, 0.5) is 5.69 Å². The van der Waals surface area contributed by atoms with E-state index in [4.69, 9.17) is 14.9 Å². The number of anilines is 1. The molecule has 0 atom stereocenters. The highest BCUT2D eigenvalue weighted by Crippen LogP contribution is 2.53. The van der Waals surface area contributed by atoms with Crippen LogP contribution < -0.4 is 20.9 Å². The Morgan fingerprint density at radius 1 is 0.745 bits per heavy atom. The molecule has 6 rings (SSSR count). The molecule has 0 radical (unpaired) electrons. The lowest BCUT2D eigenvalue weighted by atomic mass is 9.80. The third kappa shape index (κ3) is 6.29. The highest BCUT2D eigenvalue weighted by Gasteiger charge is 2.32. The number of aromatic hydroxyl groups is 1. The number of carboxylic acids is 2. The van der Waals surface area contributed by atoms with E-state index in [2.05, 4.69) is 11.4 Å². The zero-order valence-electron chi connectivity index (χ0n) is 28.9. The van der Waals surface area contributed by atoms with Crippen molar-refractivity contribution in [1.82, 2.24) is 0 Å². The average Bonchev–Trinajstić information content (AvgIpc) is 3.24. The molecule has 0 amide bonds. The van der Waals surface area contributed by atoms with Gasteiger partial charge in [0, 0.05) is 41.4 Å². The summed E-state index contributed by atoms with van der Waals surface area (Å²) >= 11 is 0. The van der Waals surface area contributed by atoms with Crippen LogP contribution in [-0.4, -0.2) is 51.1 Å². The minimum absolute atomic E-state index is 0.0423. The molecule has 0 spiro atoms. The van der Waals surface area contributed by atoms with Gasteiger partial charge >= 0.3 is 11.9 Å². The van der Waals surface area contributed by atoms with E-state index in [1.54, 1.807) is 0 Å². The minimum atomic E-state index is -0.851. The molecule has 0 fully saturated rings. The molecule has 6 N–H and O–H groups in total. The van der Waals surface area contributed by atoms with Gasteiger partial charge in [-0.2, -0.15) is 0 Å². The summed E-state index contributed by atoms with van der Waals surface area (Å²) in [6, 6.07) is 2.70. The van der Waals surface area contributed by atoms with Gasteiger partial charge in [0.15, 0.2) is 22.4 Å². The molecule has 0 heterocycles. The number of rotatable bonds is 17. The Morgan fingerprint density at radius 3 is 1.90 bits per heavy atom. The molecule has 268 valence electrons. The molecular weight excluding hydrogens is 654 g/mol. The van der Waals surface area contributed by atoms with E-state index in [1.807, 2.05) is 6.92 Å². The molecule has 5 aromatic rings. The maximum atomic E-state index is 14.3. The van der Waals surface area contributed by atoms with Gasteiger partial charge in [-0.25, -0.2) is 0 Å². The lowest BCUT2D eigenvalue weighted by molar-refractivity contribution is -0.138. The van der Waals surface area contributed by atoms with Gasteiger partial charge in [0.1, 0.15) is 0 Å². The Kier molecular flexibility index (Phi) is 10.3. The van der Waals surface area contributed by atoms with Crippen LogP contribution in [0.25, 0.3) is 49.2 Å². The predicted octanol–water partition coefficient (Wildman–Crippen LogP) is 6.19. The van der Waals surface area contributed by atoms with E-state index in [0.29, 0.717) is 112 Å². The number of benzene rings is 5. The van der Waals surface area contributed by atoms with Gasteiger partial charge in [0.2, 0.25) is 0 Å². The van der Waals surface area contributed by atoms with Gasteiger partial charge in [0.25, 0.3) is 0 Å². The zero-order valence-corrected chi connectivity index (χ0v) is 28.9. The maximum Gasteiger partial charge on any atom is 0.303 e. The van der Waals surface area contributed by atoms with Gasteiger partial charge in [-0.05, 0) is 101 Å². The van der Waals surface area contributed by atoms with Crippen LogP contribution >= 0.6 is 0 Å². The molecule has 1 aliphatic carbocycles. The second-order valence-corrected chi connectivity index (χ2v) is 13.6. The molecule has 0 aliphatic heterocycles. The topological polar surface area (TPSA) is 191 Å². The zero-order chi connectivity index (χ0) is 36.6. The third-order valence-corrected chi connectivity index (χ3v) is 10.2. The van der Waals surface area contributed by atoms with Crippen molar-refractivity contribution >= 4 is 66.8 Å². The first-order valence-corrected chi connectivity index (χ1v) is 17.5. The number of hydrogen-bond donors (Lipinski definition) is 6. The second-order valence-electron chi connectivity index (χ2n) is 13.6. The van der Waals surface area contributed by atoms with Crippen LogP contribution in [0.5, 0.6) is 11.5 Å². The number of ether oxygens (including phenoxy) is 1. The van der Waals surface area contributed by atoms with Crippen molar-refractivity contribution in [2.75, 3.05) is 19.0 Å². The monoisotopic (exact) mass is 697 g/mol. The molecule has 11 heteroatoms. The van der Waals surface area contributed by atoms with E-state index in [1.165, 1.54) is 19.2 Å². The number of carbonyl (C=O) groups is 2. The number of phenols is 1. The lowest BCUT2D eigenvalue weighted by Gasteiger charge is -2.26. The number of unbranched alkanes of at least 4 members (excludes halogenated alkanes) is 5. The van der Waals surface area contributed by atoms with Crippen LogP contribution in [0.1, 0.15) is 92.5 Å². The van der Waals surface area contributed by atoms with E-state index >= 15 is 0 Å². The van der Waals surface area contributed by atoms with E-state index < -0.39 is 30.6 Å². The van der Waals surface area contributed by atoms with E-state index in [0.717, 1.165) is 29.5 Å². The SMILES string of the molecule is COc1c(O)c2c(=O)cc(CO)c3c4c(CO)cc(=O)c5c(NCCCCCC(=O)O)c(CCCCCCC(=O)O)c6c(c(c1CC(C)=C6)c23)c54. The molecular formula is C40H43NO10. The molecule has 0 unspecified atom stereocenters. The number of fused-ring (bicyclic) bond motifs is 1. The van der Waals surface area contributed by atoms with Crippen molar-refractivity contribution in [3.63, 3.8) is 0 Å². The fraction of sp³-hybridized carbons (Fsp3) is 0.400. The number of nitrogens with one attached hydrogen (secondary N) is 1. The van der Waals surface area contributed by atoms with Gasteiger partial charge in [-0.3, -0.25) is 19.2 Å². The number of hydrogen-bond acceptors (Lipinski definition) is 9. The second kappa shape index (κ2) is 14.7. The normalized spacial score (nSPS) is 12.7. The van der Waals surface area contributed by atoms with Crippen molar-refractivity contribution < 1.29 is 39.9 Å². The average molecular weight is 698 g/mol. The van der Waals surface area contributed by atoms with Crippen molar-refractivity contribution in [2.45, 2.75) is 90.8 Å². The van der Waals surface area contributed by atoms with Gasteiger partial charge in [-0.15, -0.1) is 0 Å². The number of methoxy groups -OCH3 is 1. The number of aliphatic hydroxyl groups is 2. The number of aliphatic hydroxyl groups excluding tert-OH is 2. The number of aliphatic carboxylic acids is 2. The van der Waals surface area contributed by atoms with Crippen molar-refractivity contribution in [1.29, 1.82) is 0 Å². The van der Waals surface area contributed by atoms with Crippen LogP contribution in [-0.2, 0) is 35.6 Å². The molecule has 1 aliphatic rings. The summed E-state index contributed by atoms with van der Waals surface area (Å²) in [5, 5.41) is 58.6. The summed E-state index contributed by atoms with van der Waals surface area (Å²) in [7, 11) is 1.44. The highest BCUT2D eigenvalue weighted by molar-refractivity contribution is 6.38. The minimum Gasteiger partial charge on any atom is -0.504 e. The smallest absolute Gasteiger partial charge is 0.303 e. The van der Waals surface area contributed by atoms with E-state index in [-0.39, 0.29) is 35.2 Å². The Morgan fingerprint density at radius 2 is 1.31 bits per heavy atom. The molecule has 0 bridgehead atoms. The van der Waals surface area contributed by atoms with Gasteiger partial charge in [-0.1, -0.05) is 30.9 Å². The molecule has 51 heavy (non-hydrogen) atoms. The van der Waals surface area contributed by atoms with Crippen molar-refractivity contribution in [3.8, 4) is 11.5 Å². The quantitative estimate of drug-likeness (QED) is 0.0369. The van der Waals surface area contributed by atoms with Crippen LogP contribution in [0.15, 0.2) is 27.3 Å². The molecule has 0 aromatic heterocycles. The fourth-order valence-corrected chi connectivity index (χ4v) is 8.16. The first-order chi connectivity index (χ1) is 24.5. The molecule has 11 nitrogen and oxygen atoms in total. The summed E-state index contributed by atoms with van der Waals surface area (Å²) in [5.41, 5.74) is 3.83. The summed E-state index contributed by atoms with van der Waals surface area (Å²) < 4.78 is 5.79. The standard InChI is InChI=1S/C40H43NO10/c1-20-14-24-23(10-6-3-4-7-11-28(46)47)38(41-13-9-5-8-12-29(48)49)34-26(44)16-21(18-42)30-31-22(19-43)17-27(45)35-37(31)33(32(24)36(30)34)25(15-20)40(51-2)39(35)50/h14,16-17,41-43,50H,3-13,15,18-19H2,1-2H3,(H,46,47)(H,48,49). The van der Waals surface area contributed by atoms with Crippen LogP contribution in [0.3, 0.4) is 0 Å². The summed E-state index contributed by atoms with van der Waals surface area (Å²) in [6.07, 6.45) is 7.78. The van der Waals surface area contributed by atoms with Crippen molar-refractivity contribution in [3.05, 3.63) is 66.0 Å². The summed E-state index contributed by atoms with van der Waals surface area (Å²) in [4.78, 5) is 50.2. The van der Waals surface area contributed by atoms with E-state index in [9.17, 15) is 34.5 Å². The first kappa shape index (κ1) is 35.8. The Labute approximate surface area is 293 Å². The third-order valence-electron chi connectivity index (χ3n) is 10.2. The number of carboxylic acid groups (broad SMARTS) is 2. The van der Waals surface area contributed by atoms with Crippen LogP contribution in [0, 0.1) is 0 Å². The van der Waals surface area contributed by atoms with Crippen molar-refractivity contribution in [2.24, 2.45) is 0 Å². The van der Waals surface area contributed by atoms with Gasteiger partial charge < -0.3 is 35.6 Å². The summed E-state index contributed by atoms with van der Waals surface area (Å²) in [6.45, 7) is 1.47. The summed E-state index contributed by atoms with van der Waals surface area (Å²) in [5.74, 6) is -1.82. The molecule has 5 aromatic carbocycles. The van der Waals surface area contributed by atoms with Gasteiger partial charge in [0.05, 0.1) is 31.1 Å². The fourth-order valence-electron chi connectivity index (χ4n) is 8.16.